The molecular weight excluding hydrogens is 337 g/mol. The summed E-state index contributed by atoms with van der Waals surface area (Å²) in [4.78, 5) is 26.2. The van der Waals surface area contributed by atoms with Gasteiger partial charge >= 0.3 is 5.97 Å². The Kier molecular flexibility index (Phi) is 5.21. The Labute approximate surface area is 151 Å². The van der Waals surface area contributed by atoms with E-state index in [0.29, 0.717) is 23.5 Å². The molecule has 2 aromatic carbocycles. The highest BCUT2D eigenvalue weighted by Crippen LogP contribution is 2.34. The molecule has 0 saturated carbocycles. The number of aliphatic carboxylic acids is 1. The van der Waals surface area contributed by atoms with Crippen molar-refractivity contribution in [1.29, 1.82) is 0 Å². The molecule has 0 aromatic heterocycles. The number of ether oxygens (including phenoxy) is 1. The van der Waals surface area contributed by atoms with E-state index in [0.717, 1.165) is 0 Å². The minimum atomic E-state index is -0.965. The molecule has 6 heteroatoms. The summed E-state index contributed by atoms with van der Waals surface area (Å²) in [5, 5.41) is 9.57. The molecule has 1 aliphatic heterocycles. The second kappa shape index (κ2) is 7.56. The molecule has 1 aliphatic rings. The molecule has 2 aromatic rings. The predicted octanol–water partition coefficient (Wildman–Crippen LogP) is 3.16. The third kappa shape index (κ3) is 3.54. The first-order valence-electron chi connectivity index (χ1n) is 8.50. The number of benzene rings is 2. The van der Waals surface area contributed by atoms with Crippen molar-refractivity contribution in [2.24, 2.45) is 5.92 Å². The van der Waals surface area contributed by atoms with Gasteiger partial charge in [0.05, 0.1) is 18.1 Å². The van der Waals surface area contributed by atoms with Crippen LogP contribution < -0.4 is 4.74 Å². The van der Waals surface area contributed by atoms with E-state index in [4.69, 9.17) is 4.74 Å². The minimum Gasteiger partial charge on any atom is -0.493 e. The van der Waals surface area contributed by atoms with Crippen molar-refractivity contribution in [3.05, 3.63) is 65.5 Å². The van der Waals surface area contributed by atoms with Crippen LogP contribution in [-0.2, 0) is 4.79 Å². The second-order valence-electron chi connectivity index (χ2n) is 6.24. The summed E-state index contributed by atoms with van der Waals surface area (Å²) < 4.78 is 18.7. The van der Waals surface area contributed by atoms with Crippen LogP contribution in [0.3, 0.4) is 0 Å². The number of carboxylic acid groups (broad SMARTS) is 1. The van der Waals surface area contributed by atoms with Gasteiger partial charge < -0.3 is 14.7 Å². The molecule has 0 radical (unpaired) electrons. The van der Waals surface area contributed by atoms with Crippen LogP contribution in [0, 0.1) is 11.7 Å². The van der Waals surface area contributed by atoms with Crippen LogP contribution in [0.25, 0.3) is 0 Å². The fourth-order valence-corrected chi connectivity index (χ4v) is 3.36. The summed E-state index contributed by atoms with van der Waals surface area (Å²) in [5.74, 6) is -2.23. The van der Waals surface area contributed by atoms with Gasteiger partial charge in [0.25, 0.3) is 5.91 Å². The van der Waals surface area contributed by atoms with Crippen LogP contribution in [0.4, 0.5) is 4.39 Å². The van der Waals surface area contributed by atoms with Crippen LogP contribution in [-0.4, -0.2) is 41.6 Å². The van der Waals surface area contributed by atoms with Gasteiger partial charge in [0.15, 0.2) is 0 Å². The third-order valence-electron chi connectivity index (χ3n) is 4.64. The summed E-state index contributed by atoms with van der Waals surface area (Å²) in [5.41, 5.74) is 1.13. The third-order valence-corrected chi connectivity index (χ3v) is 4.64. The number of hydrogen-bond acceptors (Lipinski definition) is 3. The van der Waals surface area contributed by atoms with E-state index in [1.54, 1.807) is 36.4 Å². The molecule has 136 valence electrons. The lowest BCUT2D eigenvalue weighted by molar-refractivity contribution is -0.141. The largest absolute Gasteiger partial charge is 0.493 e. The molecule has 1 N–H and O–H groups in total. The lowest BCUT2D eigenvalue weighted by Gasteiger charge is -2.18. The molecule has 1 saturated heterocycles. The summed E-state index contributed by atoms with van der Waals surface area (Å²) >= 11 is 0. The maximum Gasteiger partial charge on any atom is 0.308 e. The first-order chi connectivity index (χ1) is 12.5. The molecule has 2 atom stereocenters. The molecule has 1 amide bonds. The summed E-state index contributed by atoms with van der Waals surface area (Å²) in [6.07, 6.45) is 0. The SMILES string of the molecule is CCOc1ccccc1C(=O)N1C[C@H](C(=O)O)[C@@H](c2ccc(F)cc2)C1. The quantitative estimate of drug-likeness (QED) is 0.893. The number of carbonyl (C=O) groups is 2. The summed E-state index contributed by atoms with van der Waals surface area (Å²) in [7, 11) is 0. The normalized spacial score (nSPS) is 19.4. The van der Waals surface area contributed by atoms with Crippen LogP contribution in [0.15, 0.2) is 48.5 Å². The van der Waals surface area contributed by atoms with Gasteiger partial charge in [-0.2, -0.15) is 0 Å². The van der Waals surface area contributed by atoms with Crippen LogP contribution in [0.2, 0.25) is 0 Å². The summed E-state index contributed by atoms with van der Waals surface area (Å²) in [6.45, 7) is 2.64. The molecule has 0 unspecified atom stereocenters. The summed E-state index contributed by atoms with van der Waals surface area (Å²) in [6, 6.07) is 12.7. The molecule has 3 rings (SSSR count). The van der Waals surface area contributed by atoms with E-state index < -0.39 is 11.9 Å². The average molecular weight is 357 g/mol. The number of halogens is 1. The van der Waals surface area contributed by atoms with E-state index in [9.17, 15) is 19.1 Å². The Morgan fingerprint density at radius 1 is 1.15 bits per heavy atom. The van der Waals surface area contributed by atoms with Crippen LogP contribution in [0.1, 0.15) is 28.8 Å². The molecule has 26 heavy (non-hydrogen) atoms. The van der Waals surface area contributed by atoms with Crippen molar-refractivity contribution >= 4 is 11.9 Å². The second-order valence-corrected chi connectivity index (χ2v) is 6.24. The van der Waals surface area contributed by atoms with Gasteiger partial charge in [-0.15, -0.1) is 0 Å². The van der Waals surface area contributed by atoms with Gasteiger partial charge in [0.1, 0.15) is 11.6 Å². The van der Waals surface area contributed by atoms with E-state index in [2.05, 4.69) is 0 Å². The smallest absolute Gasteiger partial charge is 0.308 e. The maximum absolute atomic E-state index is 13.2. The fourth-order valence-electron chi connectivity index (χ4n) is 3.36. The van der Waals surface area contributed by atoms with E-state index >= 15 is 0 Å². The van der Waals surface area contributed by atoms with Gasteiger partial charge in [-0.05, 0) is 36.8 Å². The molecule has 0 aliphatic carbocycles. The van der Waals surface area contributed by atoms with Crippen molar-refractivity contribution in [2.45, 2.75) is 12.8 Å². The topological polar surface area (TPSA) is 66.8 Å². The first-order valence-corrected chi connectivity index (χ1v) is 8.50. The molecule has 1 fully saturated rings. The predicted molar refractivity (Wildman–Crippen MR) is 93.8 cm³/mol. The number of hydrogen-bond donors (Lipinski definition) is 1. The molecule has 5 nitrogen and oxygen atoms in total. The molecule has 0 spiro atoms. The number of carbonyl (C=O) groups excluding carboxylic acids is 1. The van der Waals surface area contributed by atoms with Crippen LogP contribution in [0.5, 0.6) is 5.75 Å². The Hall–Kier alpha value is -2.89. The van der Waals surface area contributed by atoms with E-state index in [1.165, 1.54) is 17.0 Å². The van der Waals surface area contributed by atoms with Crippen molar-refractivity contribution in [1.82, 2.24) is 4.90 Å². The van der Waals surface area contributed by atoms with E-state index in [-0.39, 0.29) is 30.7 Å². The number of para-hydroxylation sites is 1. The molecule has 0 bridgehead atoms. The minimum absolute atomic E-state index is 0.108. The maximum atomic E-state index is 13.2. The van der Waals surface area contributed by atoms with Crippen molar-refractivity contribution in [2.75, 3.05) is 19.7 Å². The van der Waals surface area contributed by atoms with E-state index in [1.807, 2.05) is 6.92 Å². The monoisotopic (exact) mass is 357 g/mol. The first kappa shape index (κ1) is 17.9. The van der Waals surface area contributed by atoms with Crippen molar-refractivity contribution in [3.63, 3.8) is 0 Å². The molecular formula is C20H20FNO4. The van der Waals surface area contributed by atoms with Gasteiger partial charge in [-0.25, -0.2) is 4.39 Å². The molecule has 1 heterocycles. The van der Waals surface area contributed by atoms with Gasteiger partial charge in [-0.3, -0.25) is 9.59 Å². The lowest BCUT2D eigenvalue weighted by atomic mass is 9.89. The number of likely N-dealkylation sites (tertiary alicyclic amines) is 1. The average Bonchev–Trinajstić information content (AvgIpc) is 3.08. The Bertz CT molecular complexity index is 806. The highest BCUT2D eigenvalue weighted by molar-refractivity contribution is 5.97. The Morgan fingerprint density at radius 2 is 1.85 bits per heavy atom. The van der Waals surface area contributed by atoms with Gasteiger partial charge in [-0.1, -0.05) is 24.3 Å². The zero-order valence-electron chi connectivity index (χ0n) is 14.4. The zero-order chi connectivity index (χ0) is 18.7. The number of amides is 1. The highest BCUT2D eigenvalue weighted by atomic mass is 19.1. The van der Waals surface area contributed by atoms with Crippen molar-refractivity contribution in [3.8, 4) is 5.75 Å². The Balaban J connectivity index is 1.87. The number of rotatable bonds is 5. The zero-order valence-corrected chi connectivity index (χ0v) is 14.4. The highest BCUT2D eigenvalue weighted by Gasteiger charge is 2.41. The lowest BCUT2D eigenvalue weighted by Crippen LogP contribution is -2.30. The van der Waals surface area contributed by atoms with Gasteiger partial charge in [0, 0.05) is 19.0 Å². The standard InChI is InChI=1S/C20H20FNO4/c1-2-26-18-6-4-3-5-15(18)19(23)22-11-16(17(12-22)20(24)25)13-7-9-14(21)10-8-13/h3-10,16-17H,2,11-12H2,1H3,(H,24,25)/t16-,17+/m1/s1. The van der Waals surface area contributed by atoms with Crippen LogP contribution >= 0.6 is 0 Å². The number of nitrogens with zero attached hydrogens (tertiary/aromatic N) is 1. The van der Waals surface area contributed by atoms with Gasteiger partial charge in [0.2, 0.25) is 0 Å². The van der Waals surface area contributed by atoms with Crippen molar-refractivity contribution < 1.29 is 23.8 Å². The number of carboxylic acids is 1. The fraction of sp³-hybridized carbons (Fsp3) is 0.300. The Morgan fingerprint density at radius 3 is 2.50 bits per heavy atom.